The van der Waals surface area contributed by atoms with E-state index in [0.717, 1.165) is 19.3 Å². The van der Waals surface area contributed by atoms with Crippen molar-refractivity contribution in [2.45, 2.75) is 31.0 Å². The van der Waals surface area contributed by atoms with Gasteiger partial charge in [0.05, 0.1) is 4.83 Å². The number of aryl methyl sites for hydroxylation is 2. The van der Waals surface area contributed by atoms with E-state index >= 15 is 0 Å². The van der Waals surface area contributed by atoms with Crippen molar-refractivity contribution in [3.05, 3.63) is 47.7 Å². The van der Waals surface area contributed by atoms with Crippen LogP contribution in [-0.2, 0) is 12.8 Å². The summed E-state index contributed by atoms with van der Waals surface area (Å²) in [6.07, 6.45) is 2.67. The third-order valence-electron chi connectivity index (χ3n) is 2.58. The fourth-order valence-corrected chi connectivity index (χ4v) is 1.75. The van der Waals surface area contributed by atoms with Gasteiger partial charge in [0.1, 0.15) is 0 Å². The molecular formula is C13H15BrN2O. The average molecular weight is 295 g/mol. The zero-order valence-electron chi connectivity index (χ0n) is 9.77. The quantitative estimate of drug-likeness (QED) is 0.789. The molecule has 0 saturated heterocycles. The Morgan fingerprint density at radius 1 is 1.18 bits per heavy atom. The number of hydrogen-bond donors (Lipinski definition) is 0. The Labute approximate surface area is 109 Å². The van der Waals surface area contributed by atoms with E-state index in [1.165, 1.54) is 5.56 Å². The Morgan fingerprint density at radius 2 is 1.94 bits per heavy atom. The van der Waals surface area contributed by atoms with E-state index in [1.807, 2.05) is 18.2 Å². The van der Waals surface area contributed by atoms with Gasteiger partial charge in [-0.1, -0.05) is 53.2 Å². The van der Waals surface area contributed by atoms with Crippen molar-refractivity contribution < 1.29 is 4.42 Å². The maximum absolute atomic E-state index is 5.59. The van der Waals surface area contributed by atoms with E-state index in [9.17, 15) is 0 Å². The molecule has 0 radical (unpaired) electrons. The predicted octanol–water partition coefficient (Wildman–Crippen LogP) is 3.70. The number of nitrogens with zero attached hydrogens (tertiary/aromatic N) is 2. The van der Waals surface area contributed by atoms with E-state index in [-0.39, 0.29) is 4.83 Å². The van der Waals surface area contributed by atoms with Crippen molar-refractivity contribution in [3.63, 3.8) is 0 Å². The molecule has 3 nitrogen and oxygen atoms in total. The first-order valence-electron chi connectivity index (χ1n) is 5.80. The molecule has 0 saturated carbocycles. The van der Waals surface area contributed by atoms with Crippen LogP contribution in [0.3, 0.4) is 0 Å². The Kier molecular flexibility index (Phi) is 4.31. The lowest BCUT2D eigenvalue weighted by atomic mass is 10.1. The highest BCUT2D eigenvalue weighted by Gasteiger charge is 2.13. The molecule has 0 aliphatic heterocycles. The molecule has 2 rings (SSSR count). The molecule has 0 N–H and O–H groups in total. The fourth-order valence-electron chi connectivity index (χ4n) is 1.56. The van der Waals surface area contributed by atoms with Gasteiger partial charge in [-0.25, -0.2) is 0 Å². The summed E-state index contributed by atoms with van der Waals surface area (Å²) in [7, 11) is 0. The van der Waals surface area contributed by atoms with Crippen LogP contribution in [0, 0.1) is 0 Å². The number of benzene rings is 1. The van der Waals surface area contributed by atoms with Crippen LogP contribution in [-0.4, -0.2) is 10.2 Å². The number of hydrogen-bond acceptors (Lipinski definition) is 3. The van der Waals surface area contributed by atoms with Crippen molar-refractivity contribution in [3.8, 4) is 0 Å². The number of halogens is 1. The summed E-state index contributed by atoms with van der Waals surface area (Å²) in [5.74, 6) is 1.39. The first-order valence-corrected chi connectivity index (χ1v) is 6.71. The Bertz CT molecular complexity index is 455. The topological polar surface area (TPSA) is 38.9 Å². The van der Waals surface area contributed by atoms with Crippen LogP contribution in [0.15, 0.2) is 34.7 Å². The number of rotatable bonds is 5. The minimum atomic E-state index is 0.167. The third kappa shape index (κ3) is 3.40. The monoisotopic (exact) mass is 294 g/mol. The maximum Gasteiger partial charge on any atom is 0.230 e. The lowest BCUT2D eigenvalue weighted by Crippen LogP contribution is -1.90. The molecule has 4 heteroatoms. The second-order valence-electron chi connectivity index (χ2n) is 3.90. The van der Waals surface area contributed by atoms with Crippen LogP contribution in [0.25, 0.3) is 0 Å². The van der Waals surface area contributed by atoms with E-state index in [1.54, 1.807) is 0 Å². The number of aromatic nitrogens is 2. The van der Waals surface area contributed by atoms with Gasteiger partial charge < -0.3 is 4.42 Å². The van der Waals surface area contributed by atoms with Gasteiger partial charge in [-0.3, -0.25) is 0 Å². The summed E-state index contributed by atoms with van der Waals surface area (Å²) >= 11 is 3.50. The van der Waals surface area contributed by atoms with Gasteiger partial charge in [-0.15, -0.1) is 10.2 Å². The van der Waals surface area contributed by atoms with Gasteiger partial charge in [-0.2, -0.15) is 0 Å². The lowest BCUT2D eigenvalue weighted by Gasteiger charge is -1.99. The second kappa shape index (κ2) is 5.96. The highest BCUT2D eigenvalue weighted by Crippen LogP contribution is 2.24. The van der Waals surface area contributed by atoms with Crippen LogP contribution in [0.2, 0.25) is 0 Å². The predicted molar refractivity (Wildman–Crippen MR) is 70.1 cm³/mol. The summed E-state index contributed by atoms with van der Waals surface area (Å²) in [6.45, 7) is 2.08. The first kappa shape index (κ1) is 12.3. The molecule has 1 aromatic carbocycles. The second-order valence-corrected chi connectivity index (χ2v) is 5.00. The zero-order chi connectivity index (χ0) is 12.1. The Balaban J connectivity index is 1.94. The normalized spacial score (nSPS) is 12.6. The van der Waals surface area contributed by atoms with Crippen molar-refractivity contribution in [2.24, 2.45) is 0 Å². The van der Waals surface area contributed by atoms with Gasteiger partial charge in [0.15, 0.2) is 0 Å². The standard InChI is InChI=1S/C13H15BrN2O/c1-2-11(14)13-16-15-12(17-13)9-8-10-6-4-3-5-7-10/h3-7,11H,2,8-9H2,1H3. The third-order valence-corrected chi connectivity index (χ3v) is 3.62. The van der Waals surface area contributed by atoms with Crippen LogP contribution < -0.4 is 0 Å². The molecule has 1 heterocycles. The highest BCUT2D eigenvalue weighted by atomic mass is 79.9. The summed E-state index contributed by atoms with van der Waals surface area (Å²) < 4.78 is 5.59. The molecule has 1 aromatic heterocycles. The smallest absolute Gasteiger partial charge is 0.230 e. The largest absolute Gasteiger partial charge is 0.424 e. The van der Waals surface area contributed by atoms with E-state index in [4.69, 9.17) is 4.42 Å². The summed E-state index contributed by atoms with van der Waals surface area (Å²) in [5.41, 5.74) is 1.29. The van der Waals surface area contributed by atoms with Gasteiger partial charge in [0.2, 0.25) is 11.8 Å². The molecule has 90 valence electrons. The molecule has 0 bridgehead atoms. The van der Waals surface area contributed by atoms with Crippen LogP contribution in [0.5, 0.6) is 0 Å². The molecule has 0 spiro atoms. The molecule has 0 amide bonds. The lowest BCUT2D eigenvalue weighted by molar-refractivity contribution is 0.445. The number of alkyl halides is 1. The molecule has 1 atom stereocenters. The first-order chi connectivity index (χ1) is 8.29. The minimum Gasteiger partial charge on any atom is -0.424 e. The fraction of sp³-hybridized carbons (Fsp3) is 0.385. The van der Waals surface area contributed by atoms with Crippen molar-refractivity contribution in [1.29, 1.82) is 0 Å². The van der Waals surface area contributed by atoms with E-state index in [0.29, 0.717) is 11.8 Å². The highest BCUT2D eigenvalue weighted by molar-refractivity contribution is 9.09. The zero-order valence-corrected chi connectivity index (χ0v) is 11.4. The minimum absolute atomic E-state index is 0.167. The molecule has 17 heavy (non-hydrogen) atoms. The van der Waals surface area contributed by atoms with Gasteiger partial charge in [-0.05, 0) is 18.4 Å². The van der Waals surface area contributed by atoms with E-state index < -0.39 is 0 Å². The molecule has 0 aliphatic carbocycles. The molecule has 2 aromatic rings. The molecular weight excluding hydrogens is 280 g/mol. The summed E-state index contributed by atoms with van der Waals surface area (Å²) in [4.78, 5) is 0.167. The van der Waals surface area contributed by atoms with Crippen molar-refractivity contribution in [1.82, 2.24) is 10.2 Å². The van der Waals surface area contributed by atoms with Gasteiger partial charge in [0, 0.05) is 6.42 Å². The van der Waals surface area contributed by atoms with Crippen LogP contribution in [0.1, 0.15) is 35.5 Å². The Hall–Kier alpha value is -1.16. The summed E-state index contributed by atoms with van der Waals surface area (Å²) in [5, 5.41) is 8.09. The van der Waals surface area contributed by atoms with Gasteiger partial charge >= 0.3 is 0 Å². The maximum atomic E-state index is 5.59. The summed E-state index contributed by atoms with van der Waals surface area (Å²) in [6, 6.07) is 10.3. The molecule has 0 aliphatic rings. The average Bonchev–Trinajstić information content (AvgIpc) is 2.85. The Morgan fingerprint density at radius 3 is 2.65 bits per heavy atom. The van der Waals surface area contributed by atoms with Gasteiger partial charge in [0.25, 0.3) is 0 Å². The van der Waals surface area contributed by atoms with E-state index in [2.05, 4.69) is 45.2 Å². The SMILES string of the molecule is CCC(Br)c1nnc(CCc2ccccc2)o1. The van der Waals surface area contributed by atoms with Crippen molar-refractivity contribution in [2.75, 3.05) is 0 Å². The van der Waals surface area contributed by atoms with Crippen molar-refractivity contribution >= 4 is 15.9 Å². The van der Waals surface area contributed by atoms with Crippen LogP contribution >= 0.6 is 15.9 Å². The molecule has 1 unspecified atom stereocenters. The molecule has 0 fully saturated rings. The van der Waals surface area contributed by atoms with Crippen LogP contribution in [0.4, 0.5) is 0 Å².